The predicted molar refractivity (Wildman–Crippen MR) is 75.4 cm³/mol. The Hall–Kier alpha value is -1.84. The Kier molecular flexibility index (Phi) is 5.10. The van der Waals surface area contributed by atoms with Gasteiger partial charge in [-0.15, -0.1) is 0 Å². The van der Waals surface area contributed by atoms with Gasteiger partial charge in [-0.2, -0.15) is 0 Å². The number of anilines is 1. The molecule has 1 amide bonds. The van der Waals surface area contributed by atoms with Crippen molar-refractivity contribution in [3.8, 4) is 0 Å². The topological polar surface area (TPSA) is 55.4 Å². The maximum Gasteiger partial charge on any atom is 0.412 e. The fourth-order valence-electron chi connectivity index (χ4n) is 1.60. The molecule has 0 aliphatic heterocycles. The number of aryl methyl sites for hydroxylation is 2. The summed E-state index contributed by atoms with van der Waals surface area (Å²) in [5, 5.41) is 2.73. The zero-order chi connectivity index (χ0) is 14.5. The first-order chi connectivity index (χ1) is 8.81. The molecule has 1 N–H and O–H groups in total. The van der Waals surface area contributed by atoms with Gasteiger partial charge >= 0.3 is 6.09 Å². The number of hydrogen-bond acceptors (Lipinski definition) is 3. The van der Waals surface area contributed by atoms with Crippen molar-refractivity contribution in [3.05, 3.63) is 29.3 Å². The van der Waals surface area contributed by atoms with Crippen molar-refractivity contribution in [2.75, 3.05) is 5.32 Å². The second kappa shape index (κ2) is 6.36. The van der Waals surface area contributed by atoms with Crippen LogP contribution in [-0.4, -0.2) is 18.0 Å². The van der Waals surface area contributed by atoms with Crippen molar-refractivity contribution in [2.24, 2.45) is 0 Å². The van der Waals surface area contributed by atoms with E-state index in [0.717, 1.165) is 23.1 Å². The summed E-state index contributed by atoms with van der Waals surface area (Å²) < 4.78 is 5.21. The van der Waals surface area contributed by atoms with Crippen molar-refractivity contribution in [2.45, 2.75) is 46.1 Å². The molecule has 0 saturated heterocycles. The average Bonchev–Trinajstić information content (AvgIpc) is 2.27. The smallest absolute Gasteiger partial charge is 0.412 e. The molecule has 1 aromatic rings. The molecule has 0 spiro atoms. The molecule has 0 atom stereocenters. The molecule has 0 saturated carbocycles. The SMILES string of the molecule is Cc1ccc(CCC=O)cc1NC(=O)OC(C)(C)C. The third-order valence-corrected chi connectivity index (χ3v) is 2.49. The molecule has 0 fully saturated rings. The third kappa shape index (κ3) is 5.55. The number of hydrogen-bond donors (Lipinski definition) is 1. The summed E-state index contributed by atoms with van der Waals surface area (Å²) in [6.07, 6.45) is 1.57. The van der Waals surface area contributed by atoms with E-state index in [2.05, 4.69) is 5.32 Å². The van der Waals surface area contributed by atoms with E-state index in [4.69, 9.17) is 4.74 Å². The number of carbonyl (C=O) groups is 2. The summed E-state index contributed by atoms with van der Waals surface area (Å²) in [7, 11) is 0. The van der Waals surface area contributed by atoms with Crippen LogP contribution < -0.4 is 5.32 Å². The van der Waals surface area contributed by atoms with Crippen molar-refractivity contribution in [3.63, 3.8) is 0 Å². The second-order valence-electron chi connectivity index (χ2n) is 5.48. The van der Waals surface area contributed by atoms with E-state index >= 15 is 0 Å². The van der Waals surface area contributed by atoms with Crippen molar-refractivity contribution in [1.29, 1.82) is 0 Å². The molecule has 4 nitrogen and oxygen atoms in total. The highest BCUT2D eigenvalue weighted by molar-refractivity contribution is 5.86. The third-order valence-electron chi connectivity index (χ3n) is 2.49. The molecule has 0 aliphatic rings. The lowest BCUT2D eigenvalue weighted by Gasteiger charge is -2.20. The lowest BCUT2D eigenvalue weighted by molar-refractivity contribution is -0.107. The lowest BCUT2D eigenvalue weighted by Crippen LogP contribution is -2.27. The summed E-state index contributed by atoms with van der Waals surface area (Å²) >= 11 is 0. The van der Waals surface area contributed by atoms with Crippen LogP contribution in [0.2, 0.25) is 0 Å². The monoisotopic (exact) mass is 263 g/mol. The predicted octanol–water partition coefficient (Wildman–Crippen LogP) is 3.47. The molecule has 0 unspecified atom stereocenters. The number of ether oxygens (including phenoxy) is 1. The number of rotatable bonds is 4. The summed E-state index contributed by atoms with van der Waals surface area (Å²) in [5.74, 6) is 0. The van der Waals surface area contributed by atoms with Crippen LogP contribution in [0.4, 0.5) is 10.5 Å². The van der Waals surface area contributed by atoms with Crippen LogP contribution in [0.25, 0.3) is 0 Å². The highest BCUT2D eigenvalue weighted by Crippen LogP contribution is 2.19. The van der Waals surface area contributed by atoms with E-state index < -0.39 is 11.7 Å². The van der Waals surface area contributed by atoms with Gasteiger partial charge in [0.2, 0.25) is 0 Å². The number of nitrogens with one attached hydrogen (secondary N) is 1. The maximum absolute atomic E-state index is 11.7. The van der Waals surface area contributed by atoms with Crippen molar-refractivity contribution >= 4 is 18.1 Å². The van der Waals surface area contributed by atoms with Gasteiger partial charge in [-0.1, -0.05) is 12.1 Å². The zero-order valence-corrected chi connectivity index (χ0v) is 11.9. The van der Waals surface area contributed by atoms with E-state index in [1.807, 2.05) is 45.9 Å². The first kappa shape index (κ1) is 15.2. The van der Waals surface area contributed by atoms with E-state index in [-0.39, 0.29) is 0 Å². The molecule has 1 aromatic carbocycles. The highest BCUT2D eigenvalue weighted by Gasteiger charge is 2.16. The number of amides is 1. The van der Waals surface area contributed by atoms with Gasteiger partial charge in [0.25, 0.3) is 0 Å². The minimum Gasteiger partial charge on any atom is -0.444 e. The summed E-state index contributed by atoms with van der Waals surface area (Å²) in [5.41, 5.74) is 2.18. The first-order valence-electron chi connectivity index (χ1n) is 6.35. The molecular formula is C15H21NO3. The van der Waals surface area contributed by atoms with E-state index in [1.165, 1.54) is 0 Å². The molecular weight excluding hydrogens is 242 g/mol. The molecule has 104 valence electrons. The fourth-order valence-corrected chi connectivity index (χ4v) is 1.60. The van der Waals surface area contributed by atoms with Crippen LogP contribution in [0, 0.1) is 6.92 Å². The summed E-state index contributed by atoms with van der Waals surface area (Å²) in [6, 6.07) is 5.76. The highest BCUT2D eigenvalue weighted by atomic mass is 16.6. The summed E-state index contributed by atoms with van der Waals surface area (Å²) in [4.78, 5) is 22.1. The second-order valence-corrected chi connectivity index (χ2v) is 5.48. The quantitative estimate of drug-likeness (QED) is 0.846. The van der Waals surface area contributed by atoms with Gasteiger partial charge in [0.1, 0.15) is 11.9 Å². The minimum absolute atomic E-state index is 0.469. The molecule has 0 radical (unpaired) electrons. The molecule has 1 rings (SSSR count). The van der Waals surface area contributed by atoms with E-state index in [0.29, 0.717) is 12.8 Å². The molecule has 0 bridgehead atoms. The van der Waals surface area contributed by atoms with Crippen LogP contribution in [0.15, 0.2) is 18.2 Å². The Morgan fingerprint density at radius 2 is 2.05 bits per heavy atom. The van der Waals surface area contributed by atoms with Crippen molar-refractivity contribution in [1.82, 2.24) is 0 Å². The summed E-state index contributed by atoms with van der Waals surface area (Å²) in [6.45, 7) is 7.37. The molecule has 19 heavy (non-hydrogen) atoms. The minimum atomic E-state index is -0.521. The van der Waals surface area contributed by atoms with E-state index in [1.54, 1.807) is 0 Å². The Bertz CT molecular complexity index is 461. The van der Waals surface area contributed by atoms with Gasteiger partial charge in [-0.3, -0.25) is 5.32 Å². The number of aldehydes is 1. The fraction of sp³-hybridized carbons (Fsp3) is 0.467. The molecule has 4 heteroatoms. The molecule has 0 aliphatic carbocycles. The van der Waals surface area contributed by atoms with Gasteiger partial charge in [0, 0.05) is 12.1 Å². The van der Waals surface area contributed by atoms with Gasteiger partial charge in [-0.25, -0.2) is 4.79 Å². The van der Waals surface area contributed by atoms with Crippen molar-refractivity contribution < 1.29 is 14.3 Å². The van der Waals surface area contributed by atoms with Gasteiger partial charge < -0.3 is 9.53 Å². The normalized spacial score (nSPS) is 10.9. The first-order valence-corrected chi connectivity index (χ1v) is 6.35. The Morgan fingerprint density at radius 3 is 2.63 bits per heavy atom. The largest absolute Gasteiger partial charge is 0.444 e. The number of benzene rings is 1. The Morgan fingerprint density at radius 1 is 1.37 bits per heavy atom. The Labute approximate surface area is 114 Å². The van der Waals surface area contributed by atoms with Gasteiger partial charge in [0.15, 0.2) is 0 Å². The lowest BCUT2D eigenvalue weighted by atomic mass is 10.1. The maximum atomic E-state index is 11.7. The van der Waals surface area contributed by atoms with Gasteiger partial charge in [0.05, 0.1) is 0 Å². The van der Waals surface area contributed by atoms with Crippen LogP contribution in [0.3, 0.4) is 0 Å². The van der Waals surface area contributed by atoms with Crippen LogP contribution >= 0.6 is 0 Å². The molecule has 0 heterocycles. The zero-order valence-electron chi connectivity index (χ0n) is 11.9. The van der Waals surface area contributed by atoms with Gasteiger partial charge in [-0.05, 0) is 51.3 Å². The Balaban J connectivity index is 2.76. The number of carbonyl (C=O) groups excluding carboxylic acids is 2. The van der Waals surface area contributed by atoms with Crippen LogP contribution in [0.1, 0.15) is 38.3 Å². The standard InChI is InChI=1S/C15H21NO3/c1-11-7-8-12(6-5-9-17)10-13(11)16-14(18)19-15(2,3)4/h7-10H,5-6H2,1-4H3,(H,16,18). The molecule has 0 aromatic heterocycles. The average molecular weight is 263 g/mol. The van der Waals surface area contributed by atoms with Crippen LogP contribution in [-0.2, 0) is 16.0 Å². The van der Waals surface area contributed by atoms with E-state index in [9.17, 15) is 9.59 Å². The van der Waals surface area contributed by atoms with Crippen LogP contribution in [0.5, 0.6) is 0 Å².